The number of carbonyl (C=O) groups is 3. The zero-order chi connectivity index (χ0) is 17.1. The fourth-order valence-electron chi connectivity index (χ4n) is 2.29. The summed E-state index contributed by atoms with van der Waals surface area (Å²) in [6.07, 6.45) is -2.18. The van der Waals surface area contributed by atoms with Crippen molar-refractivity contribution in [2.24, 2.45) is 0 Å². The molecule has 0 unspecified atom stereocenters. The summed E-state index contributed by atoms with van der Waals surface area (Å²) in [5, 5.41) is 11.0. The lowest BCUT2D eigenvalue weighted by Gasteiger charge is -2.21. The molecule has 0 aliphatic carbocycles. The van der Waals surface area contributed by atoms with Crippen molar-refractivity contribution in [3.05, 3.63) is 22.5 Å². The fourth-order valence-corrected chi connectivity index (χ4v) is 2.29. The lowest BCUT2D eigenvalue weighted by molar-refractivity contribution is -0.398. The number of imidazole rings is 1. The molecule has 0 saturated carbocycles. The van der Waals surface area contributed by atoms with Gasteiger partial charge in [-0.05, 0) is 4.92 Å². The highest BCUT2D eigenvalue weighted by Crippen LogP contribution is 2.35. The summed E-state index contributed by atoms with van der Waals surface area (Å²) < 4.78 is 16.4. The minimum absolute atomic E-state index is 0.368. The van der Waals surface area contributed by atoms with Crippen molar-refractivity contribution in [3.8, 4) is 0 Å². The Morgan fingerprint density at radius 2 is 1.96 bits per heavy atom. The van der Waals surface area contributed by atoms with Crippen LogP contribution >= 0.6 is 0 Å². The Morgan fingerprint density at radius 1 is 1.35 bits per heavy atom. The lowest BCUT2D eigenvalue weighted by Crippen LogP contribution is -2.39. The van der Waals surface area contributed by atoms with Crippen molar-refractivity contribution in [1.29, 1.82) is 0 Å². The van der Waals surface area contributed by atoms with Crippen LogP contribution < -0.4 is 0 Å². The van der Waals surface area contributed by atoms with E-state index in [4.69, 9.17) is 14.2 Å². The van der Waals surface area contributed by atoms with Crippen LogP contribution in [-0.2, 0) is 28.6 Å². The van der Waals surface area contributed by atoms with Gasteiger partial charge >= 0.3 is 17.9 Å². The second kappa shape index (κ2) is 6.52. The van der Waals surface area contributed by atoms with Crippen LogP contribution in [-0.4, -0.2) is 51.0 Å². The molecule has 2 heterocycles. The zero-order valence-corrected chi connectivity index (χ0v) is 12.1. The highest BCUT2D eigenvalue weighted by atomic mass is 16.7. The first kappa shape index (κ1) is 16.5. The largest absolute Gasteiger partial charge is 0.455 e. The van der Waals surface area contributed by atoms with E-state index in [0.717, 1.165) is 24.6 Å². The maximum absolute atomic E-state index is 11.3. The maximum atomic E-state index is 11.3. The number of rotatable bonds is 5. The van der Waals surface area contributed by atoms with Gasteiger partial charge in [-0.3, -0.25) is 9.59 Å². The van der Waals surface area contributed by atoms with Crippen LogP contribution in [0, 0.1) is 10.1 Å². The molecular formula is C12H13N3O8. The second-order valence-corrected chi connectivity index (χ2v) is 4.67. The van der Waals surface area contributed by atoms with Gasteiger partial charge in [0.05, 0.1) is 0 Å². The van der Waals surface area contributed by atoms with E-state index in [0.29, 0.717) is 6.29 Å². The molecule has 0 bridgehead atoms. The standard InChI is InChI=1S/C12H13N3O8/c1-6(17)21-9-8(5-16)23-11(10(9)22-7(2)18)14-4-3-13-12(14)15(19)20/h3-5,8-11H,1-2H3/t8-,9-,10+,11+/m1/s1. The summed E-state index contributed by atoms with van der Waals surface area (Å²) in [5.41, 5.74) is 0. The number of ether oxygens (including phenoxy) is 3. The Hall–Kier alpha value is -2.82. The van der Waals surface area contributed by atoms with Crippen molar-refractivity contribution in [2.75, 3.05) is 0 Å². The highest BCUT2D eigenvalue weighted by Gasteiger charge is 2.52. The van der Waals surface area contributed by atoms with Crippen LogP contribution in [0.3, 0.4) is 0 Å². The van der Waals surface area contributed by atoms with Gasteiger partial charge in [0.25, 0.3) is 0 Å². The molecular weight excluding hydrogens is 314 g/mol. The quantitative estimate of drug-likeness (QED) is 0.310. The minimum Gasteiger partial charge on any atom is -0.455 e. The molecule has 23 heavy (non-hydrogen) atoms. The topological polar surface area (TPSA) is 140 Å². The smallest absolute Gasteiger partial charge is 0.436 e. The second-order valence-electron chi connectivity index (χ2n) is 4.67. The zero-order valence-electron chi connectivity index (χ0n) is 12.1. The van der Waals surface area contributed by atoms with Crippen molar-refractivity contribution >= 4 is 24.2 Å². The third-order valence-corrected chi connectivity index (χ3v) is 3.05. The first-order valence-corrected chi connectivity index (χ1v) is 6.47. The molecule has 1 aromatic heterocycles. The van der Waals surface area contributed by atoms with Gasteiger partial charge in [0.2, 0.25) is 12.3 Å². The number of nitro groups is 1. The number of aromatic nitrogens is 2. The molecule has 0 spiro atoms. The minimum atomic E-state index is -1.24. The van der Waals surface area contributed by atoms with Crippen molar-refractivity contribution in [3.63, 3.8) is 0 Å². The van der Waals surface area contributed by atoms with Crippen molar-refractivity contribution in [1.82, 2.24) is 9.55 Å². The molecule has 1 aromatic rings. The Balaban J connectivity index is 2.41. The van der Waals surface area contributed by atoms with E-state index >= 15 is 0 Å². The third kappa shape index (κ3) is 3.34. The Morgan fingerprint density at radius 3 is 2.48 bits per heavy atom. The molecule has 0 aromatic carbocycles. The first-order chi connectivity index (χ1) is 10.8. The van der Waals surface area contributed by atoms with E-state index in [2.05, 4.69) is 4.98 Å². The molecule has 1 saturated heterocycles. The summed E-state index contributed by atoms with van der Waals surface area (Å²) in [6, 6.07) is 0. The van der Waals surface area contributed by atoms with E-state index in [-0.39, 0.29) is 0 Å². The normalized spacial score (nSPS) is 26.5. The number of esters is 2. The molecule has 0 amide bonds. The van der Waals surface area contributed by atoms with Gasteiger partial charge in [-0.15, -0.1) is 0 Å². The molecule has 2 rings (SSSR count). The number of carbonyl (C=O) groups excluding carboxylic acids is 3. The molecule has 1 aliphatic rings. The first-order valence-electron chi connectivity index (χ1n) is 6.47. The molecule has 11 nitrogen and oxygen atoms in total. The van der Waals surface area contributed by atoms with Crippen molar-refractivity contribution in [2.45, 2.75) is 38.4 Å². The summed E-state index contributed by atoms with van der Waals surface area (Å²) in [6.45, 7) is 2.22. The highest BCUT2D eigenvalue weighted by molar-refractivity contribution is 5.69. The van der Waals surface area contributed by atoms with Gasteiger partial charge in [0.1, 0.15) is 12.4 Å². The van der Waals surface area contributed by atoms with Crippen LogP contribution in [0.1, 0.15) is 20.1 Å². The van der Waals surface area contributed by atoms with E-state index in [1.807, 2.05) is 0 Å². The summed E-state index contributed by atoms with van der Waals surface area (Å²) in [7, 11) is 0. The molecule has 0 radical (unpaired) electrons. The average molecular weight is 327 g/mol. The van der Waals surface area contributed by atoms with E-state index in [1.165, 1.54) is 6.20 Å². The fraction of sp³-hybridized carbons (Fsp3) is 0.500. The van der Waals surface area contributed by atoms with Gasteiger partial charge in [0.15, 0.2) is 18.5 Å². The van der Waals surface area contributed by atoms with Crippen LogP contribution in [0.15, 0.2) is 12.4 Å². The third-order valence-electron chi connectivity index (χ3n) is 3.05. The number of nitrogens with zero attached hydrogens (tertiary/aromatic N) is 3. The average Bonchev–Trinajstić information content (AvgIpc) is 3.04. The number of aldehydes is 1. The van der Waals surface area contributed by atoms with Crippen molar-refractivity contribution < 1.29 is 33.5 Å². The lowest BCUT2D eigenvalue weighted by atomic mass is 10.1. The maximum Gasteiger partial charge on any atom is 0.436 e. The van der Waals surface area contributed by atoms with Gasteiger partial charge < -0.3 is 29.1 Å². The Bertz CT molecular complexity index is 642. The van der Waals surface area contributed by atoms with Gasteiger partial charge in [-0.2, -0.15) is 4.57 Å². The van der Waals surface area contributed by atoms with Crippen LogP contribution in [0.5, 0.6) is 0 Å². The van der Waals surface area contributed by atoms with Crippen LogP contribution in [0.25, 0.3) is 0 Å². The molecule has 1 fully saturated rings. The number of hydrogen-bond acceptors (Lipinski definition) is 9. The van der Waals surface area contributed by atoms with Gasteiger partial charge in [-0.25, -0.2) is 0 Å². The molecule has 124 valence electrons. The Labute approximate surface area is 129 Å². The van der Waals surface area contributed by atoms with Crippen LogP contribution in [0.4, 0.5) is 5.95 Å². The van der Waals surface area contributed by atoms with Gasteiger partial charge in [0, 0.05) is 13.8 Å². The predicted molar refractivity (Wildman–Crippen MR) is 70.0 cm³/mol. The monoisotopic (exact) mass is 327 g/mol. The molecule has 0 N–H and O–H groups in total. The van der Waals surface area contributed by atoms with E-state index in [9.17, 15) is 24.5 Å². The molecule has 11 heteroatoms. The molecule has 1 aliphatic heterocycles. The summed E-state index contributed by atoms with van der Waals surface area (Å²) in [5.74, 6) is -2.02. The van der Waals surface area contributed by atoms with E-state index < -0.39 is 47.4 Å². The summed E-state index contributed by atoms with van der Waals surface area (Å²) >= 11 is 0. The number of hydrogen-bond donors (Lipinski definition) is 0. The predicted octanol–water partition coefficient (Wildman–Crippen LogP) is -0.249. The van der Waals surface area contributed by atoms with Crippen LogP contribution in [0.2, 0.25) is 0 Å². The molecule has 4 atom stereocenters. The summed E-state index contributed by atoms with van der Waals surface area (Å²) in [4.78, 5) is 47.4. The SMILES string of the molecule is CC(=O)O[C@H]1[C@H](OC(C)=O)[C@@H](n2ccnc2[N+](=O)[O-])O[C@@H]1C=O. The van der Waals surface area contributed by atoms with E-state index in [1.54, 1.807) is 0 Å². The Kier molecular flexibility index (Phi) is 4.69. The van der Waals surface area contributed by atoms with Gasteiger partial charge in [-0.1, -0.05) is 4.98 Å².